The van der Waals surface area contributed by atoms with Gasteiger partial charge in [0.15, 0.2) is 5.78 Å². The van der Waals surface area contributed by atoms with Crippen LogP contribution in [0.2, 0.25) is 0 Å². The van der Waals surface area contributed by atoms with Crippen LogP contribution in [0.3, 0.4) is 0 Å². The fourth-order valence-electron chi connectivity index (χ4n) is 2.01. The van der Waals surface area contributed by atoms with E-state index in [1.54, 1.807) is 0 Å². The van der Waals surface area contributed by atoms with Gasteiger partial charge < -0.3 is 4.74 Å². The van der Waals surface area contributed by atoms with Crippen LogP contribution in [0, 0.1) is 13.8 Å². The van der Waals surface area contributed by atoms with Crippen LogP contribution < -0.4 is 4.74 Å². The summed E-state index contributed by atoms with van der Waals surface area (Å²) < 4.78 is 5.58. The maximum Gasteiger partial charge on any atom is 0.193 e. The Morgan fingerprint density at radius 1 is 0.900 bits per heavy atom. The number of carbonyl (C=O) groups is 1. The minimum absolute atomic E-state index is 0.0456. The monoisotopic (exact) mass is 268 g/mol. The van der Waals surface area contributed by atoms with E-state index in [1.165, 1.54) is 5.56 Å². The molecule has 0 aromatic heterocycles. The highest BCUT2D eigenvalue weighted by Gasteiger charge is 2.10. The predicted molar refractivity (Wildman–Crippen MR) is 81.6 cm³/mol. The zero-order chi connectivity index (χ0) is 14.7. The van der Waals surface area contributed by atoms with Gasteiger partial charge in [0, 0.05) is 11.1 Å². The molecule has 0 aliphatic carbocycles. The third kappa shape index (κ3) is 3.27. The highest BCUT2D eigenvalue weighted by atomic mass is 16.5. The van der Waals surface area contributed by atoms with Gasteiger partial charge in [-0.3, -0.25) is 4.79 Å². The van der Waals surface area contributed by atoms with Gasteiger partial charge in [-0.05, 0) is 69.2 Å². The molecule has 0 spiro atoms. The molecule has 2 nitrogen and oxygen atoms in total. The van der Waals surface area contributed by atoms with Crippen molar-refractivity contribution in [2.75, 3.05) is 0 Å². The zero-order valence-electron chi connectivity index (χ0n) is 12.4. The first kappa shape index (κ1) is 14.3. The van der Waals surface area contributed by atoms with Crippen LogP contribution in [-0.2, 0) is 0 Å². The molecule has 0 fully saturated rings. The van der Waals surface area contributed by atoms with Crippen molar-refractivity contribution in [2.24, 2.45) is 0 Å². The van der Waals surface area contributed by atoms with Crippen molar-refractivity contribution in [3.05, 3.63) is 64.7 Å². The van der Waals surface area contributed by atoms with Gasteiger partial charge in [0.25, 0.3) is 0 Å². The molecule has 2 heteroatoms. The molecular formula is C18H20O2. The first-order valence-corrected chi connectivity index (χ1v) is 6.86. The third-order valence-electron chi connectivity index (χ3n) is 3.26. The van der Waals surface area contributed by atoms with Crippen LogP contribution in [0.5, 0.6) is 5.75 Å². The number of hydrogen-bond donors (Lipinski definition) is 0. The van der Waals surface area contributed by atoms with Crippen LogP contribution in [0.4, 0.5) is 0 Å². The summed E-state index contributed by atoms with van der Waals surface area (Å²) in [6.07, 6.45) is 0.135. The molecule has 0 radical (unpaired) electrons. The average Bonchev–Trinajstić information content (AvgIpc) is 2.41. The van der Waals surface area contributed by atoms with Crippen LogP contribution in [-0.4, -0.2) is 11.9 Å². The van der Waals surface area contributed by atoms with Crippen LogP contribution in [0.25, 0.3) is 0 Å². The topological polar surface area (TPSA) is 26.3 Å². The van der Waals surface area contributed by atoms with Crippen molar-refractivity contribution >= 4 is 5.78 Å². The average molecular weight is 268 g/mol. The number of benzene rings is 2. The maximum absolute atomic E-state index is 12.4. The number of rotatable bonds is 4. The lowest BCUT2D eigenvalue weighted by Gasteiger charge is -2.10. The molecule has 0 bridgehead atoms. The molecule has 20 heavy (non-hydrogen) atoms. The number of ether oxygens (including phenoxy) is 1. The number of ketones is 1. The van der Waals surface area contributed by atoms with Gasteiger partial charge in [-0.25, -0.2) is 0 Å². The summed E-state index contributed by atoms with van der Waals surface area (Å²) in [6, 6.07) is 13.1. The molecule has 0 heterocycles. The van der Waals surface area contributed by atoms with Crippen molar-refractivity contribution in [1.82, 2.24) is 0 Å². The Hall–Kier alpha value is -2.09. The largest absolute Gasteiger partial charge is 0.491 e. The molecule has 0 aliphatic rings. The summed E-state index contributed by atoms with van der Waals surface area (Å²) in [4.78, 5) is 12.4. The van der Waals surface area contributed by atoms with E-state index in [1.807, 2.05) is 70.2 Å². The zero-order valence-corrected chi connectivity index (χ0v) is 12.4. The van der Waals surface area contributed by atoms with E-state index in [0.717, 1.165) is 16.9 Å². The highest BCUT2D eigenvalue weighted by molar-refractivity contribution is 6.09. The van der Waals surface area contributed by atoms with Crippen molar-refractivity contribution in [3.63, 3.8) is 0 Å². The quantitative estimate of drug-likeness (QED) is 0.772. The van der Waals surface area contributed by atoms with Gasteiger partial charge in [-0.2, -0.15) is 0 Å². The summed E-state index contributed by atoms with van der Waals surface area (Å²) in [6.45, 7) is 8.02. The lowest BCUT2D eigenvalue weighted by atomic mass is 9.99. The maximum atomic E-state index is 12.4. The third-order valence-corrected chi connectivity index (χ3v) is 3.26. The minimum Gasteiger partial charge on any atom is -0.491 e. The van der Waals surface area contributed by atoms with Gasteiger partial charge in [-0.1, -0.05) is 12.1 Å². The molecule has 2 aromatic rings. The molecule has 2 rings (SSSR count). The lowest BCUT2D eigenvalue weighted by molar-refractivity contribution is 0.103. The van der Waals surface area contributed by atoms with E-state index in [9.17, 15) is 4.79 Å². The normalized spacial score (nSPS) is 10.7. The highest BCUT2D eigenvalue weighted by Crippen LogP contribution is 2.18. The predicted octanol–water partition coefficient (Wildman–Crippen LogP) is 4.32. The molecule has 0 aliphatic heterocycles. The molecule has 0 amide bonds. The summed E-state index contributed by atoms with van der Waals surface area (Å²) in [7, 11) is 0. The van der Waals surface area contributed by atoms with E-state index < -0.39 is 0 Å². The first-order chi connectivity index (χ1) is 9.47. The van der Waals surface area contributed by atoms with Crippen LogP contribution in [0.15, 0.2) is 42.5 Å². The Morgan fingerprint density at radius 2 is 1.50 bits per heavy atom. The summed E-state index contributed by atoms with van der Waals surface area (Å²) in [5, 5.41) is 0. The molecule has 2 aromatic carbocycles. The minimum atomic E-state index is 0.0456. The van der Waals surface area contributed by atoms with Gasteiger partial charge >= 0.3 is 0 Å². The fourth-order valence-corrected chi connectivity index (χ4v) is 2.01. The van der Waals surface area contributed by atoms with Crippen LogP contribution in [0.1, 0.15) is 40.9 Å². The van der Waals surface area contributed by atoms with Crippen molar-refractivity contribution in [2.45, 2.75) is 33.8 Å². The van der Waals surface area contributed by atoms with Crippen molar-refractivity contribution in [1.29, 1.82) is 0 Å². The van der Waals surface area contributed by atoms with E-state index in [-0.39, 0.29) is 11.9 Å². The van der Waals surface area contributed by atoms with E-state index in [0.29, 0.717) is 5.56 Å². The molecule has 0 saturated heterocycles. The Balaban J connectivity index is 2.22. The standard InChI is InChI=1S/C18H20O2/c1-12(2)20-17-9-7-15(8-10-17)18(19)16-6-5-13(3)14(4)11-16/h5-12H,1-4H3. The second kappa shape index (κ2) is 5.91. The van der Waals surface area contributed by atoms with Crippen molar-refractivity contribution < 1.29 is 9.53 Å². The molecule has 0 atom stereocenters. The second-order valence-electron chi connectivity index (χ2n) is 5.32. The summed E-state index contributed by atoms with van der Waals surface area (Å²) >= 11 is 0. The van der Waals surface area contributed by atoms with Gasteiger partial charge in [0.1, 0.15) is 5.75 Å². The van der Waals surface area contributed by atoms with Gasteiger partial charge in [0.2, 0.25) is 0 Å². The molecule has 0 unspecified atom stereocenters. The number of carbonyl (C=O) groups excluding carboxylic acids is 1. The molecule has 0 saturated carbocycles. The lowest BCUT2D eigenvalue weighted by Crippen LogP contribution is -2.06. The molecular weight excluding hydrogens is 248 g/mol. The Labute approximate surface area is 120 Å². The second-order valence-corrected chi connectivity index (χ2v) is 5.32. The smallest absolute Gasteiger partial charge is 0.193 e. The van der Waals surface area contributed by atoms with E-state index in [4.69, 9.17) is 4.74 Å². The fraction of sp³-hybridized carbons (Fsp3) is 0.278. The summed E-state index contributed by atoms with van der Waals surface area (Å²) in [5.74, 6) is 0.834. The number of aryl methyl sites for hydroxylation is 2. The SMILES string of the molecule is Cc1ccc(C(=O)c2ccc(OC(C)C)cc2)cc1C. The van der Waals surface area contributed by atoms with Crippen LogP contribution >= 0.6 is 0 Å². The van der Waals surface area contributed by atoms with Crippen molar-refractivity contribution in [3.8, 4) is 5.75 Å². The van der Waals surface area contributed by atoms with Gasteiger partial charge in [0.05, 0.1) is 6.10 Å². The van der Waals surface area contributed by atoms with E-state index >= 15 is 0 Å². The summed E-state index contributed by atoms with van der Waals surface area (Å²) in [5.41, 5.74) is 3.74. The Bertz CT molecular complexity index is 610. The van der Waals surface area contributed by atoms with E-state index in [2.05, 4.69) is 0 Å². The van der Waals surface area contributed by atoms with Gasteiger partial charge in [-0.15, -0.1) is 0 Å². The molecule has 104 valence electrons. The molecule has 0 N–H and O–H groups in total. The Morgan fingerprint density at radius 3 is 2.05 bits per heavy atom. The number of hydrogen-bond acceptors (Lipinski definition) is 2. The Kier molecular flexibility index (Phi) is 4.23. The first-order valence-electron chi connectivity index (χ1n) is 6.86.